The van der Waals surface area contributed by atoms with Gasteiger partial charge in [-0.15, -0.1) is 0 Å². The summed E-state index contributed by atoms with van der Waals surface area (Å²) in [6.07, 6.45) is 2.94. The Balaban J connectivity index is 1.66. The number of nitrogens with one attached hydrogen (secondary N) is 1. The molecule has 1 saturated heterocycles. The molecule has 1 N–H and O–H groups in total. The number of carbonyl (C=O) groups is 3. The second-order valence-electron chi connectivity index (χ2n) is 11.4. The third kappa shape index (κ3) is 6.17. The topological polar surface area (TPSA) is 124 Å². The van der Waals surface area contributed by atoms with Crippen molar-refractivity contribution < 1.29 is 32.3 Å². The largest absolute Gasteiger partial charge is 0.496 e. The lowest BCUT2D eigenvalue weighted by atomic mass is 9.99. The Bertz CT molecular complexity index is 1860. The van der Waals surface area contributed by atoms with Crippen molar-refractivity contribution in [1.29, 1.82) is 0 Å². The Morgan fingerprint density at radius 1 is 1.00 bits per heavy atom. The summed E-state index contributed by atoms with van der Waals surface area (Å²) in [6, 6.07) is 15.4. The van der Waals surface area contributed by atoms with Crippen LogP contribution in [0.25, 0.3) is 10.9 Å². The standard InChI is InChI=1S/C34H37N3O7S/c1-21-9-15-26(16-10-21)45(41,42)37-18-17-27-28(29(43-4)19-22(2)31(27)37)20-36-30(38)8-6-7-23(3)35-33(39)32(36)24-11-13-25(14-12-24)34(40)44-5/h9-19,23,32H,6-8,20H2,1-5H3,(H,35,39)/t23-,32?/m1/s1. The summed E-state index contributed by atoms with van der Waals surface area (Å²) in [5.41, 5.74) is 3.47. The number of rotatable bonds is 7. The Kier molecular flexibility index (Phi) is 9.01. The molecule has 0 aliphatic carbocycles. The second kappa shape index (κ2) is 12.8. The zero-order chi connectivity index (χ0) is 32.5. The number of ether oxygens (including phenoxy) is 2. The fraction of sp³-hybridized carbons (Fsp3) is 0.324. The number of fused-ring (bicyclic) bond motifs is 1. The molecule has 2 amide bonds. The smallest absolute Gasteiger partial charge is 0.337 e. The molecule has 0 radical (unpaired) electrons. The first kappa shape index (κ1) is 31.8. The van der Waals surface area contributed by atoms with Gasteiger partial charge in [-0.3, -0.25) is 9.59 Å². The second-order valence-corrected chi connectivity index (χ2v) is 13.2. The van der Waals surface area contributed by atoms with Gasteiger partial charge in [0.15, 0.2) is 0 Å². The van der Waals surface area contributed by atoms with Crippen LogP contribution in [0.15, 0.2) is 71.8 Å². The van der Waals surface area contributed by atoms with Crippen molar-refractivity contribution in [2.24, 2.45) is 0 Å². The number of amides is 2. The van der Waals surface area contributed by atoms with Gasteiger partial charge in [-0.05, 0) is 81.1 Å². The number of hydrogen-bond donors (Lipinski definition) is 1. The predicted octanol–water partition coefficient (Wildman–Crippen LogP) is 5.05. The molecule has 1 aliphatic heterocycles. The van der Waals surface area contributed by atoms with Crippen molar-refractivity contribution in [3.63, 3.8) is 0 Å². The number of aryl methyl sites for hydroxylation is 2. The summed E-state index contributed by atoms with van der Waals surface area (Å²) in [7, 11) is -1.14. The Hall–Kier alpha value is -4.64. The van der Waals surface area contributed by atoms with Gasteiger partial charge in [0.25, 0.3) is 10.0 Å². The van der Waals surface area contributed by atoms with Crippen molar-refractivity contribution in [2.75, 3.05) is 14.2 Å². The van der Waals surface area contributed by atoms with Crippen LogP contribution < -0.4 is 10.1 Å². The van der Waals surface area contributed by atoms with E-state index in [9.17, 15) is 22.8 Å². The van der Waals surface area contributed by atoms with E-state index >= 15 is 0 Å². The third-order valence-corrected chi connectivity index (χ3v) is 9.96. The van der Waals surface area contributed by atoms with Gasteiger partial charge in [-0.1, -0.05) is 29.8 Å². The number of esters is 1. The molecule has 2 atom stereocenters. The van der Waals surface area contributed by atoms with E-state index in [2.05, 4.69) is 5.32 Å². The summed E-state index contributed by atoms with van der Waals surface area (Å²) in [4.78, 5) is 41.5. The van der Waals surface area contributed by atoms with Crippen molar-refractivity contribution in [3.05, 3.63) is 94.7 Å². The molecule has 0 saturated carbocycles. The Morgan fingerprint density at radius 3 is 2.33 bits per heavy atom. The monoisotopic (exact) mass is 631 g/mol. The molecule has 1 fully saturated rings. The van der Waals surface area contributed by atoms with Crippen molar-refractivity contribution in [1.82, 2.24) is 14.2 Å². The van der Waals surface area contributed by atoms with Gasteiger partial charge >= 0.3 is 5.97 Å². The molecule has 45 heavy (non-hydrogen) atoms. The molecular weight excluding hydrogens is 594 g/mol. The van der Waals surface area contributed by atoms with Crippen LogP contribution in [-0.2, 0) is 30.9 Å². The minimum absolute atomic E-state index is 0.0292. The number of hydrogen-bond acceptors (Lipinski definition) is 7. The van der Waals surface area contributed by atoms with E-state index in [0.29, 0.717) is 51.7 Å². The molecule has 0 bridgehead atoms. The Labute approximate surface area is 263 Å². The molecule has 1 aliphatic rings. The molecule has 11 heteroatoms. The van der Waals surface area contributed by atoms with Crippen molar-refractivity contribution >= 4 is 38.7 Å². The van der Waals surface area contributed by atoms with E-state index < -0.39 is 22.0 Å². The normalized spacial score (nSPS) is 17.8. The third-order valence-electron chi connectivity index (χ3n) is 8.27. The van der Waals surface area contributed by atoms with Gasteiger partial charge in [0.05, 0.1) is 36.7 Å². The lowest BCUT2D eigenvalue weighted by Crippen LogP contribution is -2.44. The van der Waals surface area contributed by atoms with Gasteiger partial charge in [-0.25, -0.2) is 17.2 Å². The number of methoxy groups -OCH3 is 2. The molecule has 0 spiro atoms. The summed E-state index contributed by atoms with van der Waals surface area (Å²) in [5, 5.41) is 3.62. The van der Waals surface area contributed by atoms with Crippen LogP contribution in [0.4, 0.5) is 0 Å². The van der Waals surface area contributed by atoms with Gasteiger partial charge < -0.3 is 19.7 Å². The molecule has 1 unspecified atom stereocenters. The van der Waals surface area contributed by atoms with Crippen LogP contribution in [0.2, 0.25) is 0 Å². The van der Waals surface area contributed by atoms with E-state index in [1.807, 2.05) is 20.8 Å². The van der Waals surface area contributed by atoms with E-state index in [-0.39, 0.29) is 35.7 Å². The molecule has 2 heterocycles. The van der Waals surface area contributed by atoms with E-state index in [4.69, 9.17) is 9.47 Å². The molecule has 4 aromatic rings. The first-order chi connectivity index (χ1) is 21.5. The zero-order valence-electron chi connectivity index (χ0n) is 26.0. The molecule has 236 valence electrons. The van der Waals surface area contributed by atoms with Crippen LogP contribution >= 0.6 is 0 Å². The summed E-state index contributed by atoms with van der Waals surface area (Å²) in [6.45, 7) is 5.57. The molecular formula is C34H37N3O7S. The van der Waals surface area contributed by atoms with Crippen LogP contribution in [0.1, 0.15) is 64.8 Å². The molecule has 5 rings (SSSR count). The van der Waals surface area contributed by atoms with Crippen LogP contribution in [0, 0.1) is 13.8 Å². The van der Waals surface area contributed by atoms with Gasteiger partial charge in [-0.2, -0.15) is 0 Å². The number of nitrogens with zero attached hydrogens (tertiary/aromatic N) is 2. The lowest BCUT2D eigenvalue weighted by molar-refractivity contribution is -0.141. The van der Waals surface area contributed by atoms with E-state index in [0.717, 1.165) is 5.56 Å². The van der Waals surface area contributed by atoms with Crippen molar-refractivity contribution in [3.8, 4) is 5.75 Å². The van der Waals surface area contributed by atoms with E-state index in [1.165, 1.54) is 29.3 Å². The quantitative estimate of drug-likeness (QED) is 0.283. The first-order valence-electron chi connectivity index (χ1n) is 14.7. The first-order valence-corrected chi connectivity index (χ1v) is 16.2. The highest BCUT2D eigenvalue weighted by Gasteiger charge is 2.35. The van der Waals surface area contributed by atoms with Gasteiger partial charge in [0, 0.05) is 29.6 Å². The maximum atomic E-state index is 13.9. The predicted molar refractivity (Wildman–Crippen MR) is 170 cm³/mol. The fourth-order valence-electron chi connectivity index (χ4n) is 5.88. The van der Waals surface area contributed by atoms with Crippen molar-refractivity contribution in [2.45, 2.75) is 63.6 Å². The molecule has 3 aromatic carbocycles. The highest BCUT2D eigenvalue weighted by molar-refractivity contribution is 7.90. The SMILES string of the molecule is COC(=O)c1ccc(C2C(=O)N[C@H](C)CCCC(=O)N2Cc2c(OC)cc(C)c3c2ccn3S(=O)(=O)c2ccc(C)cc2)cc1. The summed E-state index contributed by atoms with van der Waals surface area (Å²) < 4.78 is 39.4. The maximum absolute atomic E-state index is 13.9. The average Bonchev–Trinajstić information content (AvgIpc) is 3.49. The molecule has 1 aromatic heterocycles. The number of aromatic nitrogens is 1. The zero-order valence-corrected chi connectivity index (χ0v) is 26.8. The number of benzene rings is 3. The van der Waals surface area contributed by atoms with Crippen LogP contribution in [0.3, 0.4) is 0 Å². The highest BCUT2D eigenvalue weighted by Crippen LogP contribution is 2.37. The lowest BCUT2D eigenvalue weighted by Gasteiger charge is -2.32. The highest BCUT2D eigenvalue weighted by atomic mass is 32.2. The average molecular weight is 632 g/mol. The Morgan fingerprint density at radius 2 is 1.69 bits per heavy atom. The van der Waals surface area contributed by atoms with E-state index in [1.54, 1.807) is 60.7 Å². The number of carbonyl (C=O) groups excluding carboxylic acids is 3. The van der Waals surface area contributed by atoms with Gasteiger partial charge in [0.2, 0.25) is 11.8 Å². The summed E-state index contributed by atoms with van der Waals surface area (Å²) in [5.74, 6) is -0.639. The maximum Gasteiger partial charge on any atom is 0.337 e. The molecule has 10 nitrogen and oxygen atoms in total. The summed E-state index contributed by atoms with van der Waals surface area (Å²) >= 11 is 0. The van der Waals surface area contributed by atoms with Gasteiger partial charge in [0.1, 0.15) is 11.8 Å². The minimum atomic E-state index is -3.95. The fourth-order valence-corrected chi connectivity index (χ4v) is 7.29. The van der Waals surface area contributed by atoms with Crippen LogP contribution in [0.5, 0.6) is 5.75 Å². The minimum Gasteiger partial charge on any atom is -0.496 e. The van der Waals surface area contributed by atoms with Crippen LogP contribution in [-0.4, -0.2) is 55.3 Å².